The molecule has 11 nitrogen and oxygen atoms in total. The Morgan fingerprint density at radius 2 is 1.67 bits per heavy atom. The van der Waals surface area contributed by atoms with Crippen molar-refractivity contribution >= 4 is 39.9 Å². The number of piperazine rings is 1. The molecule has 0 aliphatic carbocycles. The van der Waals surface area contributed by atoms with Gasteiger partial charge in [-0.25, -0.2) is 4.68 Å². The molecular formula is C28H31N7O4. The number of fused-ring (bicyclic) bond motifs is 1. The number of nitrogens with two attached hydrogens (primary N) is 1. The SMILES string of the molecule is NC(=O)c1ccc(N2CC(CN3CCN(c4ccc5c(=O)n(C6CCC(=O)NC6=O)ncc5c4)CC3)C2)cc1. The van der Waals surface area contributed by atoms with E-state index in [2.05, 4.69) is 25.1 Å². The minimum absolute atomic E-state index is 0.193. The van der Waals surface area contributed by atoms with Crippen molar-refractivity contribution in [1.82, 2.24) is 20.0 Å². The third-order valence-electron chi connectivity index (χ3n) is 8.03. The van der Waals surface area contributed by atoms with E-state index >= 15 is 0 Å². The fourth-order valence-corrected chi connectivity index (χ4v) is 5.77. The number of nitrogens with one attached hydrogen (secondary N) is 1. The number of amides is 3. The minimum Gasteiger partial charge on any atom is -0.371 e. The van der Waals surface area contributed by atoms with Gasteiger partial charge in [-0.05, 0) is 48.9 Å². The Hall–Kier alpha value is -4.25. The highest BCUT2D eigenvalue weighted by molar-refractivity contribution is 5.99. The molecule has 3 saturated heterocycles. The number of aromatic nitrogens is 2. The fraction of sp³-hybridized carbons (Fsp3) is 0.393. The molecule has 3 N–H and O–H groups in total. The predicted molar refractivity (Wildman–Crippen MR) is 147 cm³/mol. The third-order valence-corrected chi connectivity index (χ3v) is 8.03. The molecule has 4 heterocycles. The van der Waals surface area contributed by atoms with Crippen LogP contribution in [0.15, 0.2) is 53.5 Å². The number of piperidine rings is 1. The Bertz CT molecular complexity index is 1490. The van der Waals surface area contributed by atoms with Crippen molar-refractivity contribution < 1.29 is 14.4 Å². The Labute approximate surface area is 225 Å². The van der Waals surface area contributed by atoms with Gasteiger partial charge in [0.2, 0.25) is 11.8 Å². The molecule has 3 aromatic rings. The number of carbonyl (C=O) groups excluding carboxylic acids is 3. The summed E-state index contributed by atoms with van der Waals surface area (Å²) in [4.78, 5) is 55.2. The van der Waals surface area contributed by atoms with Crippen LogP contribution >= 0.6 is 0 Å². The quantitative estimate of drug-likeness (QED) is 0.447. The molecule has 202 valence electrons. The first-order valence-corrected chi connectivity index (χ1v) is 13.3. The molecule has 2 aromatic carbocycles. The zero-order valence-electron chi connectivity index (χ0n) is 21.6. The van der Waals surface area contributed by atoms with E-state index < -0.39 is 17.9 Å². The van der Waals surface area contributed by atoms with Crippen LogP contribution in [0.5, 0.6) is 0 Å². The number of benzene rings is 2. The molecule has 1 aromatic heterocycles. The molecule has 1 unspecified atom stereocenters. The second-order valence-electron chi connectivity index (χ2n) is 10.6. The first kappa shape index (κ1) is 25.1. The van der Waals surface area contributed by atoms with Gasteiger partial charge < -0.3 is 15.5 Å². The van der Waals surface area contributed by atoms with Gasteiger partial charge in [-0.15, -0.1) is 0 Å². The van der Waals surface area contributed by atoms with E-state index in [4.69, 9.17) is 5.73 Å². The molecule has 1 atom stereocenters. The number of rotatable bonds is 6. The van der Waals surface area contributed by atoms with E-state index in [0.717, 1.165) is 62.6 Å². The van der Waals surface area contributed by atoms with E-state index in [0.29, 0.717) is 16.9 Å². The molecule has 11 heteroatoms. The Morgan fingerprint density at radius 3 is 2.36 bits per heavy atom. The number of primary amides is 1. The van der Waals surface area contributed by atoms with Gasteiger partial charge in [-0.2, -0.15) is 5.10 Å². The highest BCUT2D eigenvalue weighted by Gasteiger charge is 2.31. The molecule has 0 bridgehead atoms. The summed E-state index contributed by atoms with van der Waals surface area (Å²) in [5, 5.41) is 7.81. The Morgan fingerprint density at radius 1 is 0.949 bits per heavy atom. The molecule has 0 radical (unpaired) electrons. The minimum atomic E-state index is -0.766. The summed E-state index contributed by atoms with van der Waals surface area (Å²) in [7, 11) is 0. The summed E-state index contributed by atoms with van der Waals surface area (Å²) in [6.07, 6.45) is 2.09. The summed E-state index contributed by atoms with van der Waals surface area (Å²) in [6, 6.07) is 12.5. The van der Waals surface area contributed by atoms with Crippen molar-refractivity contribution in [1.29, 1.82) is 0 Å². The van der Waals surface area contributed by atoms with Crippen LogP contribution in [0.1, 0.15) is 29.2 Å². The van der Waals surface area contributed by atoms with E-state index in [9.17, 15) is 19.2 Å². The predicted octanol–water partition coefficient (Wildman–Crippen LogP) is 0.732. The largest absolute Gasteiger partial charge is 0.371 e. The monoisotopic (exact) mass is 529 g/mol. The highest BCUT2D eigenvalue weighted by atomic mass is 16.2. The maximum absolute atomic E-state index is 13.1. The molecule has 3 fully saturated rings. The highest BCUT2D eigenvalue weighted by Crippen LogP contribution is 2.27. The summed E-state index contributed by atoms with van der Waals surface area (Å²) >= 11 is 0. The summed E-state index contributed by atoms with van der Waals surface area (Å²) in [6.45, 7) is 6.81. The van der Waals surface area contributed by atoms with Crippen molar-refractivity contribution in [2.75, 3.05) is 55.6 Å². The fourth-order valence-electron chi connectivity index (χ4n) is 5.77. The topological polar surface area (TPSA) is 134 Å². The lowest BCUT2D eigenvalue weighted by molar-refractivity contribution is -0.136. The number of imide groups is 1. The van der Waals surface area contributed by atoms with Crippen LogP contribution in [0.3, 0.4) is 0 Å². The van der Waals surface area contributed by atoms with Crippen molar-refractivity contribution in [3.05, 3.63) is 64.6 Å². The molecule has 3 aliphatic heterocycles. The molecular weight excluding hydrogens is 498 g/mol. The van der Waals surface area contributed by atoms with Gasteiger partial charge in [0.05, 0.1) is 11.6 Å². The third kappa shape index (κ3) is 4.97. The number of anilines is 2. The maximum atomic E-state index is 13.1. The van der Waals surface area contributed by atoms with Crippen molar-refractivity contribution in [2.24, 2.45) is 11.7 Å². The van der Waals surface area contributed by atoms with Crippen LogP contribution in [0.25, 0.3) is 10.8 Å². The first-order chi connectivity index (χ1) is 18.9. The maximum Gasteiger partial charge on any atom is 0.275 e. The van der Waals surface area contributed by atoms with Gasteiger partial charge in [0, 0.05) is 80.5 Å². The van der Waals surface area contributed by atoms with Gasteiger partial charge in [0.25, 0.3) is 11.5 Å². The van der Waals surface area contributed by atoms with Gasteiger partial charge in [0.1, 0.15) is 6.04 Å². The second-order valence-corrected chi connectivity index (χ2v) is 10.6. The average molecular weight is 530 g/mol. The normalized spacial score (nSPS) is 20.7. The van der Waals surface area contributed by atoms with Gasteiger partial charge in [0.15, 0.2) is 0 Å². The van der Waals surface area contributed by atoms with Crippen molar-refractivity contribution in [2.45, 2.75) is 18.9 Å². The van der Waals surface area contributed by atoms with Gasteiger partial charge in [-0.1, -0.05) is 0 Å². The summed E-state index contributed by atoms with van der Waals surface area (Å²) < 4.78 is 1.19. The van der Waals surface area contributed by atoms with Crippen molar-refractivity contribution in [3.8, 4) is 0 Å². The second kappa shape index (κ2) is 10.1. The standard InChI is InChI=1S/C28H31N7O4/c29-26(37)19-1-3-21(4-2-19)34-16-18(17-34)15-32-9-11-33(12-10-32)22-5-6-23-20(13-22)14-30-35(28(23)39)24-7-8-25(36)31-27(24)38/h1-6,13-14,18,24H,7-12,15-17H2,(H2,29,37)(H,31,36,38). The van der Waals surface area contributed by atoms with E-state index in [-0.39, 0.29) is 24.3 Å². The van der Waals surface area contributed by atoms with E-state index in [1.54, 1.807) is 18.3 Å². The van der Waals surface area contributed by atoms with Crippen molar-refractivity contribution in [3.63, 3.8) is 0 Å². The number of hydrogen-bond acceptors (Lipinski definition) is 8. The lowest BCUT2D eigenvalue weighted by Gasteiger charge is -2.45. The zero-order chi connectivity index (χ0) is 27.1. The molecule has 39 heavy (non-hydrogen) atoms. The molecule has 3 amide bonds. The zero-order valence-corrected chi connectivity index (χ0v) is 21.6. The molecule has 0 spiro atoms. The van der Waals surface area contributed by atoms with Gasteiger partial charge in [-0.3, -0.25) is 29.4 Å². The summed E-state index contributed by atoms with van der Waals surface area (Å²) in [5.41, 5.74) is 7.71. The molecule has 0 saturated carbocycles. The van der Waals surface area contributed by atoms with Gasteiger partial charge >= 0.3 is 0 Å². The lowest BCUT2D eigenvalue weighted by Crippen LogP contribution is -2.55. The van der Waals surface area contributed by atoms with Crippen LogP contribution in [-0.4, -0.2) is 78.2 Å². The van der Waals surface area contributed by atoms with E-state index in [1.165, 1.54) is 4.68 Å². The smallest absolute Gasteiger partial charge is 0.275 e. The lowest BCUT2D eigenvalue weighted by atomic mass is 9.97. The number of carbonyl (C=O) groups is 3. The van der Waals surface area contributed by atoms with E-state index in [1.807, 2.05) is 30.3 Å². The van der Waals surface area contributed by atoms with Crippen LogP contribution in [0, 0.1) is 5.92 Å². The first-order valence-electron chi connectivity index (χ1n) is 13.3. The Balaban J connectivity index is 1.03. The van der Waals surface area contributed by atoms with Crippen LogP contribution < -0.4 is 26.4 Å². The Kier molecular flexibility index (Phi) is 6.51. The summed E-state index contributed by atoms with van der Waals surface area (Å²) in [5.74, 6) is -0.595. The van der Waals surface area contributed by atoms with Crippen LogP contribution in [0.4, 0.5) is 11.4 Å². The number of hydrogen-bond donors (Lipinski definition) is 2. The van der Waals surface area contributed by atoms with Crippen LogP contribution in [-0.2, 0) is 9.59 Å². The molecule has 3 aliphatic rings. The number of nitrogens with zero attached hydrogens (tertiary/aromatic N) is 5. The van der Waals surface area contributed by atoms with Crippen LogP contribution in [0.2, 0.25) is 0 Å². The average Bonchev–Trinajstić information content (AvgIpc) is 2.91. The molecule has 6 rings (SSSR count).